The van der Waals surface area contributed by atoms with Crippen molar-refractivity contribution < 1.29 is 0 Å². The average molecular weight is 310 g/mol. The van der Waals surface area contributed by atoms with Crippen LogP contribution in [0, 0.1) is 12.3 Å². The quantitative estimate of drug-likeness (QED) is 0.500. The summed E-state index contributed by atoms with van der Waals surface area (Å²) < 4.78 is 2.02. The van der Waals surface area contributed by atoms with Gasteiger partial charge in [0.2, 0.25) is 0 Å². The van der Waals surface area contributed by atoms with Crippen molar-refractivity contribution in [2.45, 2.75) is 6.04 Å². The number of hydrogen-bond donors (Lipinski definition) is 2. The molecule has 0 radical (unpaired) electrons. The molecule has 0 aliphatic heterocycles. The molecule has 0 fully saturated rings. The topological polar surface area (TPSA) is 38.0 Å². The first-order valence-electron chi connectivity index (χ1n) is 3.06. The van der Waals surface area contributed by atoms with Crippen molar-refractivity contribution in [3.8, 4) is 12.3 Å². The van der Waals surface area contributed by atoms with Gasteiger partial charge in [0.1, 0.15) is 6.04 Å². The first-order valence-corrected chi connectivity index (χ1v) is 5.46. The number of hydrazine groups is 1. The largest absolute Gasteiger partial charge is 0.270 e. The van der Waals surface area contributed by atoms with Gasteiger partial charge in [0.25, 0.3) is 0 Å². The van der Waals surface area contributed by atoms with Gasteiger partial charge in [-0.1, -0.05) is 5.92 Å². The third-order valence-electron chi connectivity index (χ3n) is 1.33. The Hall–Kier alpha value is 0.140. The molecule has 3 N–H and O–H groups in total. The molecule has 1 aromatic rings. The van der Waals surface area contributed by atoms with Gasteiger partial charge < -0.3 is 0 Å². The van der Waals surface area contributed by atoms with Crippen LogP contribution in [0.15, 0.2) is 13.6 Å². The molecule has 64 valence electrons. The van der Waals surface area contributed by atoms with E-state index in [0.29, 0.717) is 0 Å². The van der Waals surface area contributed by atoms with Gasteiger partial charge in [-0.3, -0.25) is 5.84 Å². The zero-order valence-corrected chi connectivity index (χ0v) is 9.96. The van der Waals surface area contributed by atoms with Crippen molar-refractivity contribution in [2.75, 3.05) is 0 Å². The maximum atomic E-state index is 5.27. The molecule has 0 aliphatic rings. The highest BCUT2D eigenvalue weighted by Crippen LogP contribution is 2.34. The first-order chi connectivity index (χ1) is 5.69. The summed E-state index contributed by atoms with van der Waals surface area (Å²) in [5.41, 5.74) is 3.53. The number of halogens is 2. The summed E-state index contributed by atoms with van der Waals surface area (Å²) >= 11 is 8.33. The van der Waals surface area contributed by atoms with E-state index in [1.54, 1.807) is 11.3 Å². The summed E-state index contributed by atoms with van der Waals surface area (Å²) in [6.45, 7) is 0. The van der Waals surface area contributed by atoms with Gasteiger partial charge in [-0.05, 0) is 37.9 Å². The zero-order valence-electron chi connectivity index (χ0n) is 5.97. The highest BCUT2D eigenvalue weighted by molar-refractivity contribution is 9.12. The smallest absolute Gasteiger partial charge is 0.108 e. The highest BCUT2D eigenvalue weighted by atomic mass is 79.9. The van der Waals surface area contributed by atoms with Crippen molar-refractivity contribution in [3.05, 3.63) is 19.2 Å². The fourth-order valence-corrected chi connectivity index (χ4v) is 3.68. The number of rotatable bonds is 2. The van der Waals surface area contributed by atoms with E-state index >= 15 is 0 Å². The summed E-state index contributed by atoms with van der Waals surface area (Å²) in [6.07, 6.45) is 5.27. The van der Waals surface area contributed by atoms with E-state index in [-0.39, 0.29) is 6.04 Å². The summed E-state index contributed by atoms with van der Waals surface area (Å²) in [7, 11) is 0. The Labute approximate surface area is 91.8 Å². The monoisotopic (exact) mass is 308 g/mol. The van der Waals surface area contributed by atoms with Crippen LogP contribution in [0.5, 0.6) is 0 Å². The Bertz CT molecular complexity index is 316. The third kappa shape index (κ3) is 2.09. The molecule has 0 saturated carbocycles. The van der Waals surface area contributed by atoms with Crippen LogP contribution in [0.4, 0.5) is 0 Å². The summed E-state index contributed by atoms with van der Waals surface area (Å²) in [4.78, 5) is 0. The second-order valence-electron chi connectivity index (χ2n) is 2.05. The van der Waals surface area contributed by atoms with E-state index in [4.69, 9.17) is 12.3 Å². The molecule has 0 amide bonds. The Morgan fingerprint density at radius 3 is 2.67 bits per heavy atom. The van der Waals surface area contributed by atoms with Gasteiger partial charge in [-0.15, -0.1) is 17.8 Å². The lowest BCUT2D eigenvalue weighted by atomic mass is 10.2. The Morgan fingerprint density at radius 1 is 1.67 bits per heavy atom. The number of terminal acetylenes is 1. The van der Waals surface area contributed by atoms with Crippen LogP contribution in [0.1, 0.15) is 11.6 Å². The molecular weight excluding hydrogens is 304 g/mol. The van der Waals surface area contributed by atoms with Crippen molar-refractivity contribution in [3.63, 3.8) is 0 Å². The van der Waals surface area contributed by atoms with Gasteiger partial charge in [0.05, 0.1) is 7.57 Å². The van der Waals surface area contributed by atoms with Gasteiger partial charge in [-0.2, -0.15) is 0 Å². The predicted molar refractivity (Wildman–Crippen MR) is 58.6 cm³/mol. The summed E-state index contributed by atoms with van der Waals surface area (Å²) in [5, 5.41) is 0. The van der Waals surface area contributed by atoms with E-state index in [9.17, 15) is 0 Å². The molecule has 0 aromatic carbocycles. The Balaban J connectivity index is 3.02. The van der Waals surface area contributed by atoms with Gasteiger partial charge in [0, 0.05) is 5.56 Å². The van der Waals surface area contributed by atoms with Crippen LogP contribution >= 0.6 is 43.2 Å². The maximum Gasteiger partial charge on any atom is 0.108 e. The highest BCUT2D eigenvalue weighted by Gasteiger charge is 2.12. The van der Waals surface area contributed by atoms with E-state index in [1.807, 2.05) is 6.07 Å². The van der Waals surface area contributed by atoms with Crippen molar-refractivity contribution in [1.29, 1.82) is 0 Å². The second-order valence-corrected chi connectivity index (χ2v) is 5.80. The van der Waals surface area contributed by atoms with Crippen LogP contribution < -0.4 is 11.3 Å². The SMILES string of the molecule is C#CC(NN)c1cc(Br)sc1Br. The number of thiophene rings is 1. The van der Waals surface area contributed by atoms with Crippen molar-refractivity contribution in [1.82, 2.24) is 5.43 Å². The second kappa shape index (κ2) is 4.40. The van der Waals surface area contributed by atoms with Crippen LogP contribution in [0.3, 0.4) is 0 Å². The van der Waals surface area contributed by atoms with Crippen LogP contribution in [0.2, 0.25) is 0 Å². The Kier molecular flexibility index (Phi) is 3.75. The van der Waals surface area contributed by atoms with Gasteiger partial charge in [0.15, 0.2) is 0 Å². The zero-order chi connectivity index (χ0) is 9.14. The first kappa shape index (κ1) is 10.2. The molecule has 0 spiro atoms. The van der Waals surface area contributed by atoms with Gasteiger partial charge in [-0.25, -0.2) is 5.43 Å². The fraction of sp³-hybridized carbons (Fsp3) is 0.143. The van der Waals surface area contributed by atoms with Crippen molar-refractivity contribution in [2.24, 2.45) is 5.84 Å². The standard InChI is InChI=1S/C7H6Br2N2S/c1-2-5(11-10)4-3-6(8)12-7(4)9/h1,3,5,11H,10H2. The lowest BCUT2D eigenvalue weighted by Gasteiger charge is -2.06. The molecular formula is C7H6Br2N2S. The molecule has 1 rings (SSSR count). The van der Waals surface area contributed by atoms with E-state index < -0.39 is 0 Å². The summed E-state index contributed by atoms with van der Waals surface area (Å²) in [5.74, 6) is 7.81. The maximum absolute atomic E-state index is 5.27. The van der Waals surface area contributed by atoms with Crippen LogP contribution in [-0.2, 0) is 0 Å². The third-order valence-corrected chi connectivity index (χ3v) is 3.71. The number of hydrogen-bond acceptors (Lipinski definition) is 3. The fourth-order valence-electron chi connectivity index (χ4n) is 0.777. The molecule has 0 saturated heterocycles. The van der Waals surface area contributed by atoms with Crippen LogP contribution in [0.25, 0.3) is 0 Å². The van der Waals surface area contributed by atoms with E-state index in [0.717, 1.165) is 13.1 Å². The lowest BCUT2D eigenvalue weighted by Crippen LogP contribution is -2.26. The molecule has 1 aromatic heterocycles. The molecule has 5 heteroatoms. The minimum Gasteiger partial charge on any atom is -0.270 e. The molecule has 1 heterocycles. The van der Waals surface area contributed by atoms with E-state index in [2.05, 4.69) is 43.2 Å². The van der Waals surface area contributed by atoms with Gasteiger partial charge >= 0.3 is 0 Å². The van der Waals surface area contributed by atoms with Crippen molar-refractivity contribution >= 4 is 43.2 Å². The van der Waals surface area contributed by atoms with Crippen LogP contribution in [-0.4, -0.2) is 0 Å². The minimum atomic E-state index is -0.234. The molecule has 0 aliphatic carbocycles. The summed E-state index contributed by atoms with van der Waals surface area (Å²) in [6, 6.07) is 1.71. The lowest BCUT2D eigenvalue weighted by molar-refractivity contribution is 0.673. The Morgan fingerprint density at radius 2 is 2.33 bits per heavy atom. The normalized spacial score (nSPS) is 12.5. The molecule has 1 unspecified atom stereocenters. The predicted octanol–water partition coefficient (Wildman–Crippen LogP) is 2.41. The number of nitrogens with one attached hydrogen (secondary N) is 1. The average Bonchev–Trinajstić information content (AvgIpc) is 2.34. The van der Waals surface area contributed by atoms with E-state index in [1.165, 1.54) is 0 Å². The molecule has 12 heavy (non-hydrogen) atoms. The minimum absolute atomic E-state index is 0.234. The molecule has 0 bridgehead atoms. The number of nitrogens with two attached hydrogens (primary N) is 1. The molecule has 1 atom stereocenters. The molecule has 2 nitrogen and oxygen atoms in total.